The Hall–Kier alpha value is -3.63. The van der Waals surface area contributed by atoms with Crippen molar-refractivity contribution in [3.8, 4) is 11.9 Å². The number of piperazine rings is 1. The second-order valence-corrected chi connectivity index (χ2v) is 10.1. The summed E-state index contributed by atoms with van der Waals surface area (Å²) >= 11 is 0. The highest BCUT2D eigenvalue weighted by atomic mass is 16.5. The van der Waals surface area contributed by atoms with Crippen molar-refractivity contribution < 1.29 is 4.74 Å². The second-order valence-electron chi connectivity index (χ2n) is 10.1. The van der Waals surface area contributed by atoms with E-state index in [1.54, 1.807) is 7.11 Å². The summed E-state index contributed by atoms with van der Waals surface area (Å²) in [6.07, 6.45) is 8.97. The lowest BCUT2D eigenvalue weighted by atomic mass is 9.81. The molecular formula is C29H32N6O. The number of ether oxygens (including phenoxy) is 1. The number of benzene rings is 1. The van der Waals surface area contributed by atoms with Gasteiger partial charge in [-0.05, 0) is 61.4 Å². The van der Waals surface area contributed by atoms with Gasteiger partial charge in [0.1, 0.15) is 5.52 Å². The van der Waals surface area contributed by atoms with Crippen LogP contribution in [-0.2, 0) is 7.05 Å². The summed E-state index contributed by atoms with van der Waals surface area (Å²) in [5, 5.41) is 11.7. The van der Waals surface area contributed by atoms with Crippen LogP contribution in [0.3, 0.4) is 0 Å². The number of hydrogen-bond acceptors (Lipinski definition) is 6. The molecule has 4 aromatic rings. The molecule has 184 valence electrons. The minimum absolute atomic E-state index is 0.568. The Morgan fingerprint density at radius 2 is 1.83 bits per heavy atom. The SMILES string of the molecule is COc1cc2cccnc2c(N2CCN([C@H]3CC[C@@H](c4cn(C)c5ccc(C#N)cc54)CC3)CC2)n1. The molecule has 0 spiro atoms. The van der Waals surface area contributed by atoms with Crippen molar-refractivity contribution in [1.29, 1.82) is 5.26 Å². The smallest absolute Gasteiger partial charge is 0.215 e. The van der Waals surface area contributed by atoms with Gasteiger partial charge in [0.15, 0.2) is 5.82 Å². The molecule has 1 aromatic carbocycles. The van der Waals surface area contributed by atoms with Gasteiger partial charge in [-0.25, -0.2) is 0 Å². The average molecular weight is 481 g/mol. The van der Waals surface area contributed by atoms with Crippen molar-refractivity contribution in [3.63, 3.8) is 0 Å². The Labute approximate surface area is 211 Å². The molecule has 1 saturated heterocycles. The molecule has 6 rings (SSSR count). The Balaban J connectivity index is 1.12. The maximum absolute atomic E-state index is 9.37. The number of nitrogens with zero attached hydrogens (tertiary/aromatic N) is 6. The van der Waals surface area contributed by atoms with Crippen LogP contribution in [0.4, 0.5) is 5.82 Å². The topological polar surface area (TPSA) is 70.2 Å². The van der Waals surface area contributed by atoms with Gasteiger partial charge >= 0.3 is 0 Å². The van der Waals surface area contributed by atoms with Crippen molar-refractivity contribution in [1.82, 2.24) is 19.4 Å². The van der Waals surface area contributed by atoms with E-state index in [0.717, 1.165) is 48.5 Å². The molecule has 2 aliphatic rings. The summed E-state index contributed by atoms with van der Waals surface area (Å²) in [4.78, 5) is 14.4. The minimum atomic E-state index is 0.568. The Bertz CT molecular complexity index is 1440. The average Bonchev–Trinajstić information content (AvgIpc) is 3.28. The first-order valence-corrected chi connectivity index (χ1v) is 12.9. The van der Waals surface area contributed by atoms with Gasteiger partial charge in [0, 0.05) is 74.0 Å². The van der Waals surface area contributed by atoms with E-state index in [1.807, 2.05) is 24.4 Å². The third-order valence-electron chi connectivity index (χ3n) is 8.17. The zero-order valence-corrected chi connectivity index (χ0v) is 21.0. The fraction of sp³-hybridized carbons (Fsp3) is 0.414. The monoisotopic (exact) mass is 480 g/mol. The number of anilines is 1. The van der Waals surface area contributed by atoms with Gasteiger partial charge in [0.25, 0.3) is 0 Å². The zero-order chi connectivity index (χ0) is 24.6. The predicted octanol–water partition coefficient (Wildman–Crippen LogP) is 4.85. The molecule has 0 radical (unpaired) electrons. The van der Waals surface area contributed by atoms with Crippen LogP contribution in [0, 0.1) is 11.3 Å². The molecule has 0 N–H and O–H groups in total. The molecule has 3 aromatic heterocycles. The molecule has 1 saturated carbocycles. The number of hydrogen-bond donors (Lipinski definition) is 0. The lowest BCUT2D eigenvalue weighted by molar-refractivity contribution is 0.141. The quantitative estimate of drug-likeness (QED) is 0.416. The van der Waals surface area contributed by atoms with Crippen LogP contribution < -0.4 is 9.64 Å². The van der Waals surface area contributed by atoms with Crippen molar-refractivity contribution in [2.75, 3.05) is 38.2 Å². The van der Waals surface area contributed by atoms with Crippen molar-refractivity contribution >= 4 is 27.6 Å². The molecule has 7 heteroatoms. The maximum Gasteiger partial charge on any atom is 0.215 e. The number of aryl methyl sites for hydroxylation is 1. The van der Waals surface area contributed by atoms with Gasteiger partial charge in [-0.15, -0.1) is 0 Å². The highest BCUT2D eigenvalue weighted by Gasteiger charge is 2.31. The van der Waals surface area contributed by atoms with Crippen molar-refractivity contribution in [2.24, 2.45) is 7.05 Å². The number of methoxy groups -OCH3 is 1. The molecule has 4 heterocycles. The van der Waals surface area contributed by atoms with Crippen LogP contribution in [0.5, 0.6) is 5.88 Å². The van der Waals surface area contributed by atoms with E-state index < -0.39 is 0 Å². The lowest BCUT2D eigenvalue weighted by Gasteiger charge is -2.42. The van der Waals surface area contributed by atoms with E-state index in [0.29, 0.717) is 17.8 Å². The molecular weight excluding hydrogens is 448 g/mol. The van der Waals surface area contributed by atoms with Gasteiger partial charge in [-0.3, -0.25) is 9.88 Å². The standard InChI is InChI=1S/C29H32N6O/c1-33-19-25(24-16-20(18-30)5-10-26(24)33)21-6-8-23(9-7-21)34-12-14-35(15-13-34)29-28-22(4-3-11-31-28)17-27(32-29)36-2/h3-5,10-11,16-17,19,21,23H,6-9,12-15H2,1-2H3/t21-,23+. The van der Waals surface area contributed by atoms with E-state index in [-0.39, 0.29) is 0 Å². The number of fused-ring (bicyclic) bond motifs is 2. The van der Waals surface area contributed by atoms with Crippen LogP contribution in [0.2, 0.25) is 0 Å². The zero-order valence-electron chi connectivity index (χ0n) is 21.0. The lowest BCUT2D eigenvalue weighted by Crippen LogP contribution is -2.51. The van der Waals surface area contributed by atoms with Crippen LogP contribution in [-0.4, -0.2) is 58.8 Å². The van der Waals surface area contributed by atoms with Crippen molar-refractivity contribution in [3.05, 3.63) is 59.9 Å². The van der Waals surface area contributed by atoms with E-state index >= 15 is 0 Å². The van der Waals surface area contributed by atoms with Crippen LogP contribution >= 0.6 is 0 Å². The van der Waals surface area contributed by atoms with E-state index in [2.05, 4.69) is 56.9 Å². The Morgan fingerprint density at radius 1 is 1.03 bits per heavy atom. The summed E-state index contributed by atoms with van der Waals surface area (Å²) in [5.41, 5.74) is 4.32. The normalized spacial score (nSPS) is 21.1. The molecule has 1 aliphatic heterocycles. The molecule has 2 fully saturated rings. The molecule has 0 bridgehead atoms. The van der Waals surface area contributed by atoms with Gasteiger partial charge in [0.2, 0.25) is 5.88 Å². The first-order valence-electron chi connectivity index (χ1n) is 12.9. The number of pyridine rings is 2. The highest BCUT2D eigenvalue weighted by molar-refractivity contribution is 5.89. The summed E-state index contributed by atoms with van der Waals surface area (Å²) in [5.74, 6) is 2.14. The summed E-state index contributed by atoms with van der Waals surface area (Å²) in [7, 11) is 3.78. The van der Waals surface area contributed by atoms with E-state index in [4.69, 9.17) is 9.72 Å². The Morgan fingerprint density at radius 3 is 2.58 bits per heavy atom. The van der Waals surface area contributed by atoms with Gasteiger partial charge in [0.05, 0.1) is 18.7 Å². The summed E-state index contributed by atoms with van der Waals surface area (Å²) in [6, 6.07) is 15.0. The third kappa shape index (κ3) is 4.06. The highest BCUT2D eigenvalue weighted by Crippen LogP contribution is 2.39. The third-order valence-corrected chi connectivity index (χ3v) is 8.17. The van der Waals surface area contributed by atoms with Crippen molar-refractivity contribution in [2.45, 2.75) is 37.6 Å². The Kier molecular flexibility index (Phi) is 5.98. The van der Waals surface area contributed by atoms with E-state index in [1.165, 1.54) is 42.1 Å². The summed E-state index contributed by atoms with van der Waals surface area (Å²) < 4.78 is 7.68. The molecule has 7 nitrogen and oxygen atoms in total. The van der Waals surface area contributed by atoms with Gasteiger partial charge in [-0.2, -0.15) is 10.2 Å². The number of rotatable bonds is 4. The van der Waals surface area contributed by atoms with Gasteiger partial charge in [-0.1, -0.05) is 6.07 Å². The first-order chi connectivity index (χ1) is 17.6. The van der Waals surface area contributed by atoms with Crippen LogP contribution in [0.25, 0.3) is 21.8 Å². The van der Waals surface area contributed by atoms with E-state index in [9.17, 15) is 5.26 Å². The van der Waals surface area contributed by atoms with Crippen LogP contribution in [0.15, 0.2) is 48.8 Å². The molecule has 36 heavy (non-hydrogen) atoms. The minimum Gasteiger partial charge on any atom is -0.481 e. The molecule has 0 atom stereocenters. The fourth-order valence-corrected chi connectivity index (χ4v) is 6.24. The first kappa shape index (κ1) is 22.8. The largest absolute Gasteiger partial charge is 0.481 e. The maximum atomic E-state index is 9.37. The second kappa shape index (κ2) is 9.44. The van der Waals surface area contributed by atoms with Crippen LogP contribution in [0.1, 0.15) is 42.7 Å². The summed E-state index contributed by atoms with van der Waals surface area (Å²) in [6.45, 7) is 3.99. The predicted molar refractivity (Wildman–Crippen MR) is 143 cm³/mol. The fourth-order valence-electron chi connectivity index (χ4n) is 6.24. The number of aromatic nitrogens is 3. The number of nitriles is 1. The van der Waals surface area contributed by atoms with Gasteiger partial charge < -0.3 is 14.2 Å². The molecule has 0 unspecified atom stereocenters. The molecule has 1 aliphatic carbocycles. The molecule has 0 amide bonds.